The standard InChI is InChI=1S/C30H39N5O2S2/c1-5-37-28(36)35-19-17-34(18-20-35)27(38)30(12-9-13-32-30)25-23(33-15-7-6-8-16-33)11-10-22(29(2,3)4)24(25)26-31-14-21-39-26/h9-14,21H,5-8,15-20H2,1-4H3. The molecular formula is C30H39N5O2S2. The van der Waals surface area contributed by atoms with Crippen LogP contribution in [0, 0.1) is 0 Å². The maximum atomic E-state index is 12.3. The van der Waals surface area contributed by atoms with Crippen molar-refractivity contribution in [3.8, 4) is 10.6 Å². The first-order valence-corrected chi connectivity index (χ1v) is 15.3. The number of piperazine rings is 1. The van der Waals surface area contributed by atoms with Crippen LogP contribution in [0.1, 0.15) is 58.1 Å². The van der Waals surface area contributed by atoms with Crippen molar-refractivity contribution >= 4 is 46.5 Å². The highest BCUT2D eigenvalue weighted by Gasteiger charge is 2.45. The molecule has 208 valence electrons. The summed E-state index contributed by atoms with van der Waals surface area (Å²) >= 11 is 8.03. The molecule has 2 saturated heterocycles. The molecule has 4 heterocycles. The number of hydrogen-bond donors (Lipinski definition) is 0. The molecule has 2 aromatic rings. The molecule has 1 aromatic carbocycles. The number of ether oxygens (including phenoxy) is 1. The van der Waals surface area contributed by atoms with E-state index in [0.717, 1.165) is 34.2 Å². The van der Waals surface area contributed by atoms with Crippen LogP contribution < -0.4 is 4.90 Å². The van der Waals surface area contributed by atoms with Crippen LogP contribution in [-0.4, -0.2) is 78.0 Å². The maximum absolute atomic E-state index is 12.3. The van der Waals surface area contributed by atoms with Gasteiger partial charge in [0.05, 0.1) is 6.61 Å². The summed E-state index contributed by atoms with van der Waals surface area (Å²) in [6.07, 6.45) is 11.3. The van der Waals surface area contributed by atoms with Gasteiger partial charge in [0.2, 0.25) is 0 Å². The van der Waals surface area contributed by atoms with E-state index in [1.54, 1.807) is 16.2 Å². The molecule has 0 radical (unpaired) electrons. The first kappa shape index (κ1) is 27.8. The SMILES string of the molecule is CCOC(=O)N1CCN(C(=S)C2(c3c(N4CCCCC4)ccc(C(C)(C)C)c3-c3nccs3)C=CC=N2)CC1. The normalized spacial score (nSPS) is 21.5. The number of rotatable bonds is 5. The largest absolute Gasteiger partial charge is 0.450 e. The van der Waals surface area contributed by atoms with Gasteiger partial charge in [0.1, 0.15) is 10.00 Å². The molecule has 1 amide bonds. The highest BCUT2D eigenvalue weighted by Crippen LogP contribution is 2.49. The molecule has 0 N–H and O–H groups in total. The van der Waals surface area contributed by atoms with Crippen LogP contribution in [0.2, 0.25) is 0 Å². The number of nitrogens with zero attached hydrogens (tertiary/aromatic N) is 5. The number of allylic oxidation sites excluding steroid dienone is 1. The van der Waals surface area contributed by atoms with Crippen molar-refractivity contribution in [2.24, 2.45) is 4.99 Å². The van der Waals surface area contributed by atoms with Crippen LogP contribution in [0.15, 0.2) is 40.9 Å². The number of benzene rings is 1. The Bertz CT molecular complexity index is 1240. The van der Waals surface area contributed by atoms with Crippen LogP contribution in [0.4, 0.5) is 10.5 Å². The zero-order chi connectivity index (χ0) is 27.6. The van der Waals surface area contributed by atoms with Gasteiger partial charge in [-0.25, -0.2) is 9.78 Å². The minimum Gasteiger partial charge on any atom is -0.450 e. The highest BCUT2D eigenvalue weighted by atomic mass is 32.1. The first-order valence-electron chi connectivity index (χ1n) is 14.0. The summed E-state index contributed by atoms with van der Waals surface area (Å²) in [7, 11) is 0. The number of carbonyl (C=O) groups excluding carboxylic acids is 1. The van der Waals surface area contributed by atoms with Gasteiger partial charge >= 0.3 is 6.09 Å². The number of piperidine rings is 1. The van der Waals surface area contributed by atoms with E-state index >= 15 is 0 Å². The van der Waals surface area contributed by atoms with Gasteiger partial charge in [-0.3, -0.25) is 4.99 Å². The molecule has 3 aliphatic rings. The Morgan fingerprint density at radius 2 is 1.79 bits per heavy atom. The fourth-order valence-electron chi connectivity index (χ4n) is 5.89. The summed E-state index contributed by atoms with van der Waals surface area (Å²) in [5.41, 5.74) is 3.81. The fourth-order valence-corrected chi connectivity index (χ4v) is 6.99. The third-order valence-corrected chi connectivity index (χ3v) is 9.20. The monoisotopic (exact) mass is 565 g/mol. The van der Waals surface area contributed by atoms with Crippen LogP contribution >= 0.6 is 23.6 Å². The second kappa shape index (κ2) is 11.4. The Morgan fingerprint density at radius 1 is 1.08 bits per heavy atom. The van der Waals surface area contributed by atoms with Crippen molar-refractivity contribution in [3.63, 3.8) is 0 Å². The third kappa shape index (κ3) is 5.35. The van der Waals surface area contributed by atoms with E-state index in [4.69, 9.17) is 26.9 Å². The molecule has 0 saturated carbocycles. The van der Waals surface area contributed by atoms with E-state index in [2.05, 4.69) is 48.8 Å². The van der Waals surface area contributed by atoms with E-state index in [-0.39, 0.29) is 11.5 Å². The number of aromatic nitrogens is 1. The highest BCUT2D eigenvalue weighted by molar-refractivity contribution is 7.80. The van der Waals surface area contributed by atoms with Crippen molar-refractivity contribution < 1.29 is 9.53 Å². The second-order valence-electron chi connectivity index (χ2n) is 11.4. The van der Waals surface area contributed by atoms with Crippen LogP contribution in [0.3, 0.4) is 0 Å². The lowest BCUT2D eigenvalue weighted by Crippen LogP contribution is -2.54. The molecule has 9 heteroatoms. The second-order valence-corrected chi connectivity index (χ2v) is 12.7. The van der Waals surface area contributed by atoms with Crippen molar-refractivity contribution in [2.75, 3.05) is 50.8 Å². The summed E-state index contributed by atoms with van der Waals surface area (Å²) in [5.74, 6) is 0. The van der Waals surface area contributed by atoms with Crippen molar-refractivity contribution in [1.82, 2.24) is 14.8 Å². The minimum atomic E-state index is -0.823. The van der Waals surface area contributed by atoms with E-state index in [9.17, 15) is 4.79 Å². The smallest absolute Gasteiger partial charge is 0.409 e. The summed E-state index contributed by atoms with van der Waals surface area (Å²) in [5, 5.41) is 3.05. The molecule has 39 heavy (non-hydrogen) atoms. The molecule has 1 atom stereocenters. The minimum absolute atomic E-state index is 0.101. The summed E-state index contributed by atoms with van der Waals surface area (Å²) in [4.78, 5) is 29.7. The zero-order valence-corrected chi connectivity index (χ0v) is 25.1. The summed E-state index contributed by atoms with van der Waals surface area (Å²) in [6.45, 7) is 13.5. The predicted molar refractivity (Wildman–Crippen MR) is 164 cm³/mol. The van der Waals surface area contributed by atoms with Gasteiger partial charge in [-0.1, -0.05) is 39.1 Å². The topological polar surface area (TPSA) is 61.3 Å². The first-order chi connectivity index (χ1) is 18.8. The van der Waals surface area contributed by atoms with E-state index in [1.807, 2.05) is 30.8 Å². The summed E-state index contributed by atoms with van der Waals surface area (Å²) in [6, 6.07) is 4.59. The van der Waals surface area contributed by atoms with E-state index in [1.165, 1.54) is 30.5 Å². The number of carbonyl (C=O) groups is 1. The average Bonchev–Trinajstić information content (AvgIpc) is 3.66. The van der Waals surface area contributed by atoms with E-state index in [0.29, 0.717) is 32.8 Å². The Morgan fingerprint density at radius 3 is 2.38 bits per heavy atom. The molecule has 1 aromatic heterocycles. The Balaban J connectivity index is 1.65. The lowest BCUT2D eigenvalue weighted by molar-refractivity contribution is 0.0917. The lowest BCUT2D eigenvalue weighted by Gasteiger charge is -2.43. The van der Waals surface area contributed by atoms with Gasteiger partial charge in [-0.05, 0) is 55.4 Å². The van der Waals surface area contributed by atoms with Crippen molar-refractivity contribution in [1.29, 1.82) is 0 Å². The van der Waals surface area contributed by atoms with E-state index < -0.39 is 5.54 Å². The van der Waals surface area contributed by atoms with Gasteiger partial charge < -0.3 is 19.4 Å². The molecule has 2 fully saturated rings. The summed E-state index contributed by atoms with van der Waals surface area (Å²) < 4.78 is 5.24. The van der Waals surface area contributed by atoms with Gasteiger partial charge in [0, 0.05) is 73.9 Å². The molecule has 0 aliphatic carbocycles. The molecule has 3 aliphatic heterocycles. The number of hydrogen-bond acceptors (Lipinski definition) is 7. The molecule has 1 unspecified atom stereocenters. The molecule has 0 spiro atoms. The number of amides is 1. The molecular weight excluding hydrogens is 526 g/mol. The Hall–Kier alpha value is -2.78. The third-order valence-electron chi connectivity index (χ3n) is 7.84. The number of anilines is 1. The lowest BCUT2D eigenvalue weighted by atomic mass is 9.76. The maximum Gasteiger partial charge on any atom is 0.409 e. The van der Waals surface area contributed by atoms with Gasteiger partial charge in [-0.15, -0.1) is 11.3 Å². The average molecular weight is 566 g/mol. The number of thiazole rings is 1. The number of thiocarbonyl (C=S) groups is 1. The van der Waals surface area contributed by atoms with Crippen molar-refractivity contribution in [2.45, 2.75) is 57.9 Å². The number of aliphatic imine (C=N–C) groups is 1. The Kier molecular flexibility index (Phi) is 8.10. The van der Waals surface area contributed by atoms with Crippen LogP contribution in [0.25, 0.3) is 10.6 Å². The molecule has 5 rings (SSSR count). The zero-order valence-electron chi connectivity index (χ0n) is 23.5. The molecule has 7 nitrogen and oxygen atoms in total. The fraction of sp³-hybridized carbons (Fsp3) is 0.533. The van der Waals surface area contributed by atoms with Gasteiger partial charge in [-0.2, -0.15) is 0 Å². The van der Waals surface area contributed by atoms with Crippen LogP contribution in [0.5, 0.6) is 0 Å². The van der Waals surface area contributed by atoms with Gasteiger partial charge in [0.15, 0.2) is 5.54 Å². The molecule has 0 bridgehead atoms. The van der Waals surface area contributed by atoms with Gasteiger partial charge in [0.25, 0.3) is 0 Å². The quantitative estimate of drug-likeness (QED) is 0.412. The van der Waals surface area contributed by atoms with Crippen LogP contribution in [-0.2, 0) is 15.7 Å². The predicted octanol–water partition coefficient (Wildman–Crippen LogP) is 6.04. The Labute approximate surface area is 241 Å². The van der Waals surface area contributed by atoms with Crippen molar-refractivity contribution in [3.05, 3.63) is 47.0 Å².